The molecule has 0 unspecified atom stereocenters. The zero-order valence-corrected chi connectivity index (χ0v) is 15.6. The first-order chi connectivity index (χ1) is 13.2. The average Bonchev–Trinajstić information content (AvgIpc) is 3.11. The summed E-state index contributed by atoms with van der Waals surface area (Å²) in [7, 11) is 0. The molecule has 1 heterocycles. The fourth-order valence-electron chi connectivity index (χ4n) is 3.19. The van der Waals surface area contributed by atoms with Crippen molar-refractivity contribution in [3.63, 3.8) is 0 Å². The number of nitrogens with one attached hydrogen (secondary N) is 1. The van der Waals surface area contributed by atoms with E-state index in [1.165, 1.54) is 10.8 Å². The van der Waals surface area contributed by atoms with Gasteiger partial charge in [0.1, 0.15) is 11.4 Å². The Morgan fingerprint density at radius 2 is 1.78 bits per heavy atom. The molecule has 0 spiro atoms. The molecule has 0 bridgehead atoms. The second-order valence-electron chi connectivity index (χ2n) is 6.13. The van der Waals surface area contributed by atoms with Gasteiger partial charge in [-0.25, -0.2) is 9.88 Å². The molecule has 0 aliphatic heterocycles. The highest BCUT2D eigenvalue weighted by molar-refractivity contribution is 7.13. The van der Waals surface area contributed by atoms with Crippen LogP contribution in [0.4, 0.5) is 16.5 Å². The highest BCUT2D eigenvalue weighted by Crippen LogP contribution is 2.30. The van der Waals surface area contributed by atoms with Gasteiger partial charge in [-0.05, 0) is 30.5 Å². The number of nitro benzene ring substituents is 1. The van der Waals surface area contributed by atoms with Crippen LogP contribution in [0.3, 0.4) is 0 Å². The third kappa shape index (κ3) is 3.27. The highest BCUT2D eigenvalue weighted by Gasteiger charge is 2.19. The summed E-state index contributed by atoms with van der Waals surface area (Å²) in [5.41, 5.74) is 3.17. The van der Waals surface area contributed by atoms with Gasteiger partial charge in [0.2, 0.25) is 0 Å². The zero-order chi connectivity index (χ0) is 18.8. The van der Waals surface area contributed by atoms with Crippen LogP contribution in [0.1, 0.15) is 6.92 Å². The molecule has 0 saturated carbocycles. The van der Waals surface area contributed by atoms with E-state index in [0.29, 0.717) is 0 Å². The van der Waals surface area contributed by atoms with E-state index in [9.17, 15) is 10.1 Å². The number of rotatable bonds is 5. The van der Waals surface area contributed by atoms with Crippen molar-refractivity contribution in [1.82, 2.24) is 0 Å². The topological polar surface area (TPSA) is 59.0 Å². The van der Waals surface area contributed by atoms with Crippen molar-refractivity contribution in [2.45, 2.75) is 13.5 Å². The Kier molecular flexibility index (Phi) is 4.56. The van der Waals surface area contributed by atoms with Crippen LogP contribution in [-0.4, -0.2) is 4.92 Å². The maximum Gasteiger partial charge on any atom is 0.339 e. The molecule has 0 aliphatic rings. The molecule has 0 amide bonds. The van der Waals surface area contributed by atoms with Crippen molar-refractivity contribution in [3.05, 3.63) is 82.2 Å². The van der Waals surface area contributed by atoms with Gasteiger partial charge in [-0.1, -0.05) is 47.7 Å². The second-order valence-corrected chi connectivity index (χ2v) is 6.98. The van der Waals surface area contributed by atoms with E-state index in [1.807, 2.05) is 18.2 Å². The predicted molar refractivity (Wildman–Crippen MR) is 110 cm³/mol. The number of benzene rings is 3. The average molecular weight is 376 g/mol. The number of anilines is 2. The van der Waals surface area contributed by atoms with Crippen LogP contribution < -0.4 is 9.88 Å². The van der Waals surface area contributed by atoms with Crippen LogP contribution in [0.25, 0.3) is 22.0 Å². The van der Waals surface area contributed by atoms with Crippen molar-refractivity contribution in [3.8, 4) is 11.3 Å². The van der Waals surface area contributed by atoms with Crippen LogP contribution in [-0.2, 0) is 6.54 Å². The molecule has 134 valence electrons. The lowest BCUT2D eigenvalue weighted by molar-refractivity contribution is -0.664. The normalized spacial score (nSPS) is 10.9. The Morgan fingerprint density at radius 3 is 2.52 bits per heavy atom. The molecule has 0 fully saturated rings. The molecule has 4 aromatic rings. The maximum atomic E-state index is 10.9. The second kappa shape index (κ2) is 7.17. The van der Waals surface area contributed by atoms with Crippen molar-refractivity contribution in [1.29, 1.82) is 0 Å². The SMILES string of the molecule is CC[n+]1c(-c2ccc([N+](=O)[O-])cc2)csc1Nc1cccc2ccccc12. The van der Waals surface area contributed by atoms with E-state index in [2.05, 4.69) is 46.5 Å². The summed E-state index contributed by atoms with van der Waals surface area (Å²) in [6.45, 7) is 2.89. The van der Waals surface area contributed by atoms with E-state index < -0.39 is 0 Å². The molecule has 3 aromatic carbocycles. The summed E-state index contributed by atoms with van der Waals surface area (Å²) >= 11 is 1.63. The number of thiazole rings is 1. The number of hydrogen-bond donors (Lipinski definition) is 1. The molecule has 4 rings (SSSR count). The van der Waals surface area contributed by atoms with E-state index in [0.717, 1.165) is 28.6 Å². The van der Waals surface area contributed by atoms with E-state index >= 15 is 0 Å². The maximum absolute atomic E-state index is 10.9. The van der Waals surface area contributed by atoms with Crippen LogP contribution >= 0.6 is 11.3 Å². The quantitative estimate of drug-likeness (QED) is 0.283. The molecule has 1 aromatic heterocycles. The first kappa shape index (κ1) is 17.2. The van der Waals surface area contributed by atoms with E-state index in [1.54, 1.807) is 35.6 Å². The van der Waals surface area contributed by atoms with Crippen LogP contribution in [0.2, 0.25) is 0 Å². The smallest absolute Gasteiger partial charge is 0.258 e. The molecule has 5 nitrogen and oxygen atoms in total. The van der Waals surface area contributed by atoms with Gasteiger partial charge in [0.05, 0.1) is 11.5 Å². The van der Waals surface area contributed by atoms with Gasteiger partial charge in [-0.15, -0.1) is 0 Å². The van der Waals surface area contributed by atoms with Gasteiger partial charge in [-0.2, -0.15) is 0 Å². The molecule has 27 heavy (non-hydrogen) atoms. The summed E-state index contributed by atoms with van der Waals surface area (Å²) < 4.78 is 2.19. The molecule has 1 N–H and O–H groups in total. The molecule has 0 saturated heterocycles. The van der Waals surface area contributed by atoms with Crippen LogP contribution in [0.5, 0.6) is 0 Å². The lowest BCUT2D eigenvalue weighted by Gasteiger charge is -2.06. The Balaban J connectivity index is 1.71. The minimum absolute atomic E-state index is 0.103. The Hall–Kier alpha value is -3.25. The standard InChI is InChI=1S/C21H17N3O2S/c1-2-23-20(16-10-12-17(13-11-16)24(25)26)14-27-21(23)22-19-9-5-7-15-6-3-4-8-18(15)19/h3-14H,2H2,1H3/p+1. The highest BCUT2D eigenvalue weighted by atomic mass is 32.1. The summed E-state index contributed by atoms with van der Waals surface area (Å²) in [4.78, 5) is 10.5. The van der Waals surface area contributed by atoms with Gasteiger partial charge in [0.15, 0.2) is 0 Å². The molecule has 0 radical (unpaired) electrons. The van der Waals surface area contributed by atoms with Crippen LogP contribution in [0.15, 0.2) is 72.1 Å². The minimum Gasteiger partial charge on any atom is -0.258 e. The fraction of sp³-hybridized carbons (Fsp3) is 0.0952. The number of fused-ring (bicyclic) bond motifs is 1. The molecule has 0 atom stereocenters. The van der Waals surface area contributed by atoms with Crippen molar-refractivity contribution in [2.24, 2.45) is 0 Å². The molecular formula is C21H18N3O2S+. The number of nitrogens with zero attached hydrogens (tertiary/aromatic N) is 2. The summed E-state index contributed by atoms with van der Waals surface area (Å²) in [5.74, 6) is 0. The summed E-state index contributed by atoms with van der Waals surface area (Å²) in [5, 5.41) is 19.9. The molecule has 0 aliphatic carbocycles. The first-order valence-electron chi connectivity index (χ1n) is 8.68. The van der Waals surface area contributed by atoms with Gasteiger partial charge in [0, 0.05) is 28.5 Å². The third-order valence-electron chi connectivity index (χ3n) is 4.54. The van der Waals surface area contributed by atoms with Gasteiger partial charge < -0.3 is 0 Å². The van der Waals surface area contributed by atoms with Gasteiger partial charge >= 0.3 is 5.13 Å². The monoisotopic (exact) mass is 376 g/mol. The number of nitro groups is 1. The number of aromatic nitrogens is 1. The Labute approximate surface area is 160 Å². The summed E-state index contributed by atoms with van der Waals surface area (Å²) in [6.07, 6.45) is 0. The summed E-state index contributed by atoms with van der Waals surface area (Å²) in [6, 6.07) is 21.2. The van der Waals surface area contributed by atoms with E-state index in [4.69, 9.17) is 0 Å². The predicted octanol–water partition coefficient (Wildman–Crippen LogP) is 5.53. The van der Waals surface area contributed by atoms with Crippen molar-refractivity contribution >= 4 is 38.6 Å². The van der Waals surface area contributed by atoms with Gasteiger partial charge in [-0.3, -0.25) is 10.1 Å². The number of non-ortho nitro benzene ring substituents is 1. The third-order valence-corrected chi connectivity index (χ3v) is 5.43. The lowest BCUT2D eigenvalue weighted by Crippen LogP contribution is -2.35. The number of hydrogen-bond acceptors (Lipinski definition) is 4. The van der Waals surface area contributed by atoms with Crippen molar-refractivity contribution < 1.29 is 9.49 Å². The first-order valence-corrected chi connectivity index (χ1v) is 9.56. The minimum atomic E-state index is -0.376. The Bertz CT molecular complexity index is 1110. The fourth-order valence-corrected chi connectivity index (χ4v) is 4.20. The molecule has 6 heteroatoms. The lowest BCUT2D eigenvalue weighted by atomic mass is 10.1. The van der Waals surface area contributed by atoms with E-state index in [-0.39, 0.29) is 10.6 Å². The van der Waals surface area contributed by atoms with Gasteiger partial charge in [0.25, 0.3) is 5.69 Å². The zero-order valence-electron chi connectivity index (χ0n) is 14.8. The Morgan fingerprint density at radius 1 is 1.04 bits per heavy atom. The molecular weight excluding hydrogens is 358 g/mol. The van der Waals surface area contributed by atoms with Crippen molar-refractivity contribution in [2.75, 3.05) is 5.32 Å². The van der Waals surface area contributed by atoms with Crippen LogP contribution in [0, 0.1) is 10.1 Å². The largest absolute Gasteiger partial charge is 0.339 e.